The lowest BCUT2D eigenvalue weighted by atomic mass is 10.1. The molecule has 0 bridgehead atoms. The monoisotopic (exact) mass is 197 g/mol. The Morgan fingerprint density at radius 3 is 3.14 bits per heavy atom. The van der Waals surface area contributed by atoms with Gasteiger partial charge >= 0.3 is 0 Å². The summed E-state index contributed by atoms with van der Waals surface area (Å²) in [5.41, 5.74) is 0. The van der Waals surface area contributed by atoms with Crippen LogP contribution >= 0.6 is 0 Å². The van der Waals surface area contributed by atoms with Crippen LogP contribution in [0.2, 0.25) is 0 Å². The predicted molar refractivity (Wildman–Crippen MR) is 54.3 cm³/mol. The van der Waals surface area contributed by atoms with Crippen LogP contribution in [0.1, 0.15) is 32.6 Å². The summed E-state index contributed by atoms with van der Waals surface area (Å²) in [6.45, 7) is 4.32. The SMILES string of the molecule is CCC(=O)CN1CCOC2CCCC21. The Kier molecular flexibility index (Phi) is 3.19. The molecule has 3 nitrogen and oxygen atoms in total. The molecule has 1 saturated heterocycles. The summed E-state index contributed by atoms with van der Waals surface area (Å²) in [7, 11) is 0. The zero-order valence-corrected chi connectivity index (χ0v) is 8.87. The van der Waals surface area contributed by atoms with Gasteiger partial charge in [0.05, 0.1) is 19.3 Å². The van der Waals surface area contributed by atoms with Crippen molar-refractivity contribution in [3.63, 3.8) is 0 Å². The molecule has 0 aromatic heterocycles. The highest BCUT2D eigenvalue weighted by Crippen LogP contribution is 2.29. The lowest BCUT2D eigenvalue weighted by Gasteiger charge is -2.37. The maximum absolute atomic E-state index is 11.4. The number of fused-ring (bicyclic) bond motifs is 1. The number of carbonyl (C=O) groups excluding carboxylic acids is 1. The van der Waals surface area contributed by atoms with Crippen LogP contribution in [0.25, 0.3) is 0 Å². The van der Waals surface area contributed by atoms with Crippen molar-refractivity contribution in [1.82, 2.24) is 4.90 Å². The highest BCUT2D eigenvalue weighted by Gasteiger charge is 2.36. The van der Waals surface area contributed by atoms with Crippen LogP contribution in [0, 0.1) is 0 Å². The van der Waals surface area contributed by atoms with Gasteiger partial charge in [-0.2, -0.15) is 0 Å². The van der Waals surface area contributed by atoms with E-state index in [2.05, 4.69) is 4.90 Å². The normalized spacial score (nSPS) is 32.9. The summed E-state index contributed by atoms with van der Waals surface area (Å²) in [4.78, 5) is 13.7. The molecule has 14 heavy (non-hydrogen) atoms. The van der Waals surface area contributed by atoms with Gasteiger partial charge in [-0.3, -0.25) is 9.69 Å². The third-order valence-corrected chi connectivity index (χ3v) is 3.37. The summed E-state index contributed by atoms with van der Waals surface area (Å²) in [6, 6.07) is 0.527. The van der Waals surface area contributed by atoms with E-state index >= 15 is 0 Å². The van der Waals surface area contributed by atoms with Crippen molar-refractivity contribution in [3.8, 4) is 0 Å². The molecule has 1 aliphatic carbocycles. The zero-order chi connectivity index (χ0) is 9.97. The summed E-state index contributed by atoms with van der Waals surface area (Å²) < 4.78 is 5.69. The maximum Gasteiger partial charge on any atom is 0.146 e. The van der Waals surface area contributed by atoms with Gasteiger partial charge in [0, 0.05) is 19.0 Å². The molecule has 0 amide bonds. The van der Waals surface area contributed by atoms with Gasteiger partial charge in [0.25, 0.3) is 0 Å². The first-order chi connectivity index (χ1) is 6.81. The van der Waals surface area contributed by atoms with Crippen molar-refractivity contribution in [2.75, 3.05) is 19.7 Å². The largest absolute Gasteiger partial charge is 0.375 e. The van der Waals surface area contributed by atoms with E-state index in [4.69, 9.17) is 4.74 Å². The second-order valence-corrected chi connectivity index (χ2v) is 4.27. The molecule has 2 unspecified atom stereocenters. The molecule has 3 heteroatoms. The molecule has 0 N–H and O–H groups in total. The number of Topliss-reactive ketones (excluding diaryl/α,β-unsaturated/α-hetero) is 1. The third-order valence-electron chi connectivity index (χ3n) is 3.37. The first-order valence-electron chi connectivity index (χ1n) is 5.68. The Bertz CT molecular complexity index is 217. The fourth-order valence-electron chi connectivity index (χ4n) is 2.54. The lowest BCUT2D eigenvalue weighted by molar-refractivity contribution is -0.123. The smallest absolute Gasteiger partial charge is 0.146 e. The van der Waals surface area contributed by atoms with Crippen LogP contribution in [-0.4, -0.2) is 42.5 Å². The van der Waals surface area contributed by atoms with Crippen LogP contribution in [0.5, 0.6) is 0 Å². The first kappa shape index (κ1) is 10.1. The molecule has 0 spiro atoms. The second-order valence-electron chi connectivity index (χ2n) is 4.27. The number of hydrogen-bond acceptors (Lipinski definition) is 3. The van der Waals surface area contributed by atoms with Crippen LogP contribution in [-0.2, 0) is 9.53 Å². The minimum absolute atomic E-state index is 0.359. The fourth-order valence-corrected chi connectivity index (χ4v) is 2.54. The van der Waals surface area contributed by atoms with E-state index in [0.29, 0.717) is 30.9 Å². The van der Waals surface area contributed by atoms with Gasteiger partial charge in [0.15, 0.2) is 0 Å². The summed E-state index contributed by atoms with van der Waals surface area (Å²) in [5, 5.41) is 0. The van der Waals surface area contributed by atoms with Gasteiger partial charge in [-0.25, -0.2) is 0 Å². The van der Waals surface area contributed by atoms with Gasteiger partial charge in [-0.05, 0) is 19.3 Å². The van der Waals surface area contributed by atoms with Crippen molar-refractivity contribution in [3.05, 3.63) is 0 Å². The molecule has 1 saturated carbocycles. The van der Waals surface area contributed by atoms with E-state index < -0.39 is 0 Å². The Hall–Kier alpha value is -0.410. The van der Waals surface area contributed by atoms with Crippen LogP contribution < -0.4 is 0 Å². The molecule has 2 fully saturated rings. The molecule has 0 radical (unpaired) electrons. The van der Waals surface area contributed by atoms with E-state index in [0.717, 1.165) is 13.2 Å². The topological polar surface area (TPSA) is 29.5 Å². The summed E-state index contributed by atoms with van der Waals surface area (Å²) in [6.07, 6.45) is 4.72. The summed E-state index contributed by atoms with van der Waals surface area (Å²) >= 11 is 0. The van der Waals surface area contributed by atoms with Gasteiger partial charge in [-0.1, -0.05) is 6.92 Å². The minimum atomic E-state index is 0.359. The number of rotatable bonds is 3. The highest BCUT2D eigenvalue weighted by molar-refractivity contribution is 5.80. The fraction of sp³-hybridized carbons (Fsp3) is 0.909. The molecule has 1 aliphatic heterocycles. The molecular formula is C11H19NO2. The molecule has 2 aliphatic rings. The van der Waals surface area contributed by atoms with E-state index in [9.17, 15) is 4.79 Å². The van der Waals surface area contributed by atoms with Crippen molar-refractivity contribution in [2.45, 2.75) is 44.8 Å². The lowest BCUT2D eigenvalue weighted by Crippen LogP contribution is -2.50. The molecule has 0 aromatic carbocycles. The number of hydrogen-bond donors (Lipinski definition) is 0. The minimum Gasteiger partial charge on any atom is -0.375 e. The maximum atomic E-state index is 11.4. The third kappa shape index (κ3) is 1.98. The van der Waals surface area contributed by atoms with Gasteiger partial charge in [0.1, 0.15) is 5.78 Å². The number of ether oxygens (including phenoxy) is 1. The Morgan fingerprint density at radius 1 is 1.50 bits per heavy atom. The van der Waals surface area contributed by atoms with Crippen LogP contribution in [0.4, 0.5) is 0 Å². The Morgan fingerprint density at radius 2 is 2.36 bits per heavy atom. The van der Waals surface area contributed by atoms with E-state index in [1.165, 1.54) is 19.3 Å². The number of morpholine rings is 1. The molecular weight excluding hydrogens is 178 g/mol. The standard InChI is InChI=1S/C11H19NO2/c1-2-9(13)8-12-6-7-14-11-5-3-4-10(11)12/h10-11H,2-8H2,1H3. The van der Waals surface area contributed by atoms with Crippen molar-refractivity contribution >= 4 is 5.78 Å². The summed E-state index contributed by atoms with van der Waals surface area (Å²) in [5.74, 6) is 0.359. The van der Waals surface area contributed by atoms with Gasteiger partial charge in [-0.15, -0.1) is 0 Å². The molecule has 80 valence electrons. The quantitative estimate of drug-likeness (QED) is 0.681. The Labute approximate surface area is 85.4 Å². The zero-order valence-electron chi connectivity index (χ0n) is 8.87. The van der Waals surface area contributed by atoms with Crippen LogP contribution in [0.3, 0.4) is 0 Å². The van der Waals surface area contributed by atoms with Crippen molar-refractivity contribution < 1.29 is 9.53 Å². The van der Waals surface area contributed by atoms with Crippen molar-refractivity contribution in [2.24, 2.45) is 0 Å². The second kappa shape index (κ2) is 4.41. The van der Waals surface area contributed by atoms with Crippen molar-refractivity contribution in [1.29, 1.82) is 0 Å². The first-order valence-corrected chi connectivity index (χ1v) is 5.68. The highest BCUT2D eigenvalue weighted by atomic mass is 16.5. The van der Waals surface area contributed by atoms with E-state index in [1.54, 1.807) is 0 Å². The average Bonchev–Trinajstić information content (AvgIpc) is 2.66. The van der Waals surface area contributed by atoms with E-state index in [-0.39, 0.29) is 0 Å². The number of nitrogens with zero attached hydrogens (tertiary/aromatic N) is 1. The molecule has 2 atom stereocenters. The van der Waals surface area contributed by atoms with Crippen LogP contribution in [0.15, 0.2) is 0 Å². The Balaban J connectivity index is 1.93. The molecule has 2 rings (SSSR count). The van der Waals surface area contributed by atoms with Gasteiger partial charge in [0.2, 0.25) is 0 Å². The average molecular weight is 197 g/mol. The van der Waals surface area contributed by atoms with Gasteiger partial charge < -0.3 is 4.74 Å². The molecule has 1 heterocycles. The number of ketones is 1. The van der Waals surface area contributed by atoms with E-state index in [1.807, 2.05) is 6.92 Å². The number of carbonyl (C=O) groups is 1. The molecule has 0 aromatic rings. The predicted octanol–water partition coefficient (Wildman–Crippen LogP) is 1.22.